The van der Waals surface area contributed by atoms with Crippen molar-refractivity contribution in [1.82, 2.24) is 5.32 Å². The summed E-state index contributed by atoms with van der Waals surface area (Å²) in [5, 5.41) is 20.2. The lowest BCUT2D eigenvalue weighted by molar-refractivity contribution is -0.129. The molecule has 8 nitrogen and oxygen atoms in total. The van der Waals surface area contributed by atoms with Crippen LogP contribution in [0.4, 0.5) is 5.69 Å². The molecule has 2 amide bonds. The van der Waals surface area contributed by atoms with Gasteiger partial charge in [0.05, 0.1) is 6.04 Å². The Labute approximate surface area is 233 Å². The third-order valence-electron chi connectivity index (χ3n) is 6.21. The number of hydrogen-bond acceptors (Lipinski definition) is 4. The molecule has 2 atom stereocenters. The molecule has 0 bridgehead atoms. The SMILES string of the molecule is CC(NC(=O)C(C(=O)Nc1ccc(C(=N)N)cc1)c1ccccc1)c1ccc(Cc2ccccc2)cc1.O=CO. The summed E-state index contributed by atoms with van der Waals surface area (Å²) in [7, 11) is 0. The highest BCUT2D eigenvalue weighted by Gasteiger charge is 2.29. The number of carboxylic acid groups (broad SMARTS) is 1. The molecule has 6 N–H and O–H groups in total. The topological polar surface area (TPSA) is 145 Å². The minimum Gasteiger partial charge on any atom is -0.483 e. The van der Waals surface area contributed by atoms with Crippen LogP contribution in [0.3, 0.4) is 0 Å². The smallest absolute Gasteiger partial charge is 0.290 e. The highest BCUT2D eigenvalue weighted by molar-refractivity contribution is 6.11. The molecule has 0 heterocycles. The molecule has 0 aromatic heterocycles. The third-order valence-corrected chi connectivity index (χ3v) is 6.21. The van der Waals surface area contributed by atoms with Crippen molar-refractivity contribution in [2.75, 3.05) is 5.32 Å². The van der Waals surface area contributed by atoms with E-state index in [2.05, 4.69) is 34.9 Å². The lowest BCUT2D eigenvalue weighted by Gasteiger charge is -2.21. The summed E-state index contributed by atoms with van der Waals surface area (Å²) in [6.07, 6.45) is 0.839. The summed E-state index contributed by atoms with van der Waals surface area (Å²) in [6, 6.07) is 33.8. The Bertz CT molecular complexity index is 1410. The van der Waals surface area contributed by atoms with E-state index in [1.54, 1.807) is 48.5 Å². The third kappa shape index (κ3) is 8.39. The van der Waals surface area contributed by atoms with E-state index in [1.165, 1.54) is 11.1 Å². The molecule has 0 saturated carbocycles. The average molecular weight is 537 g/mol. The summed E-state index contributed by atoms with van der Waals surface area (Å²) >= 11 is 0. The zero-order valence-electron chi connectivity index (χ0n) is 22.1. The zero-order chi connectivity index (χ0) is 28.9. The van der Waals surface area contributed by atoms with Gasteiger partial charge in [0.1, 0.15) is 11.8 Å². The molecule has 0 fully saturated rings. The Balaban J connectivity index is 0.00000141. The number of amidine groups is 1. The molecule has 40 heavy (non-hydrogen) atoms. The van der Waals surface area contributed by atoms with Crippen molar-refractivity contribution in [3.63, 3.8) is 0 Å². The Kier molecular flexibility index (Phi) is 10.7. The predicted octanol–water partition coefficient (Wildman–Crippen LogP) is 4.86. The predicted molar refractivity (Wildman–Crippen MR) is 156 cm³/mol. The number of amides is 2. The van der Waals surface area contributed by atoms with E-state index in [1.807, 2.05) is 43.3 Å². The van der Waals surface area contributed by atoms with E-state index in [4.69, 9.17) is 21.0 Å². The number of hydrogen-bond donors (Lipinski definition) is 5. The number of nitrogens with one attached hydrogen (secondary N) is 3. The molecule has 4 aromatic rings. The van der Waals surface area contributed by atoms with Crippen LogP contribution in [-0.4, -0.2) is 29.2 Å². The van der Waals surface area contributed by atoms with Gasteiger partial charge in [-0.3, -0.25) is 19.8 Å². The van der Waals surface area contributed by atoms with Gasteiger partial charge in [-0.25, -0.2) is 0 Å². The van der Waals surface area contributed by atoms with Crippen molar-refractivity contribution in [3.8, 4) is 0 Å². The van der Waals surface area contributed by atoms with Gasteiger partial charge in [0.2, 0.25) is 11.8 Å². The fourth-order valence-electron chi connectivity index (χ4n) is 4.15. The van der Waals surface area contributed by atoms with E-state index in [-0.39, 0.29) is 24.3 Å². The molecule has 0 radical (unpaired) electrons. The number of benzene rings is 4. The lowest BCUT2D eigenvalue weighted by Crippen LogP contribution is -2.37. The average Bonchev–Trinajstić information content (AvgIpc) is 2.95. The first-order chi connectivity index (χ1) is 19.3. The second-order valence-electron chi connectivity index (χ2n) is 9.06. The van der Waals surface area contributed by atoms with Crippen LogP contribution >= 0.6 is 0 Å². The van der Waals surface area contributed by atoms with Gasteiger partial charge in [-0.05, 0) is 59.9 Å². The number of rotatable bonds is 9. The number of nitrogen functional groups attached to an aromatic ring is 1. The van der Waals surface area contributed by atoms with Crippen LogP contribution in [0, 0.1) is 5.41 Å². The minimum atomic E-state index is -1.03. The molecular formula is C32H32N4O4. The normalized spacial score (nSPS) is 11.6. The Hall–Kier alpha value is -5.24. The first-order valence-electron chi connectivity index (χ1n) is 12.6. The molecule has 4 aromatic carbocycles. The minimum absolute atomic E-state index is 0.0542. The van der Waals surface area contributed by atoms with E-state index >= 15 is 0 Å². The van der Waals surface area contributed by atoms with E-state index in [0.29, 0.717) is 16.8 Å². The van der Waals surface area contributed by atoms with E-state index in [0.717, 1.165) is 12.0 Å². The monoisotopic (exact) mass is 536 g/mol. The van der Waals surface area contributed by atoms with E-state index < -0.39 is 11.8 Å². The molecule has 0 aliphatic heterocycles. The summed E-state index contributed by atoms with van der Waals surface area (Å²) in [5.41, 5.74) is 10.6. The van der Waals surface area contributed by atoms with Crippen LogP contribution in [0.1, 0.15) is 46.7 Å². The lowest BCUT2D eigenvalue weighted by atomic mass is 9.95. The van der Waals surface area contributed by atoms with Crippen LogP contribution in [0.15, 0.2) is 109 Å². The van der Waals surface area contributed by atoms with Crippen LogP contribution < -0.4 is 16.4 Å². The fourth-order valence-corrected chi connectivity index (χ4v) is 4.15. The maximum absolute atomic E-state index is 13.4. The highest BCUT2D eigenvalue weighted by atomic mass is 16.3. The molecular weight excluding hydrogens is 504 g/mol. The largest absolute Gasteiger partial charge is 0.483 e. The fraction of sp³-hybridized carbons (Fsp3) is 0.125. The summed E-state index contributed by atoms with van der Waals surface area (Å²) in [6.45, 7) is 1.66. The van der Waals surface area contributed by atoms with Gasteiger partial charge >= 0.3 is 0 Å². The second-order valence-corrected chi connectivity index (χ2v) is 9.06. The second kappa shape index (κ2) is 14.6. The summed E-state index contributed by atoms with van der Waals surface area (Å²) in [5.74, 6) is -1.91. The van der Waals surface area contributed by atoms with Gasteiger partial charge in [-0.1, -0.05) is 84.9 Å². The maximum Gasteiger partial charge on any atom is 0.290 e. The van der Waals surface area contributed by atoms with Crippen molar-refractivity contribution in [2.24, 2.45) is 5.73 Å². The van der Waals surface area contributed by atoms with Crippen LogP contribution in [0.2, 0.25) is 0 Å². The number of nitrogens with two attached hydrogens (primary N) is 1. The quantitative estimate of drug-likeness (QED) is 0.0897. The first-order valence-corrected chi connectivity index (χ1v) is 12.6. The van der Waals surface area contributed by atoms with E-state index in [9.17, 15) is 9.59 Å². The molecule has 8 heteroatoms. The molecule has 2 unspecified atom stereocenters. The Morgan fingerprint density at radius 1 is 0.800 bits per heavy atom. The molecule has 4 rings (SSSR count). The molecule has 0 spiro atoms. The van der Waals surface area contributed by atoms with Gasteiger partial charge in [0.25, 0.3) is 6.47 Å². The van der Waals surface area contributed by atoms with Crippen molar-refractivity contribution in [1.29, 1.82) is 5.41 Å². The van der Waals surface area contributed by atoms with Crippen LogP contribution in [0.25, 0.3) is 0 Å². The van der Waals surface area contributed by atoms with Crippen LogP contribution in [-0.2, 0) is 20.8 Å². The van der Waals surface area contributed by atoms with Gasteiger partial charge in [0.15, 0.2) is 0 Å². The maximum atomic E-state index is 13.4. The van der Waals surface area contributed by atoms with Crippen molar-refractivity contribution in [3.05, 3.63) is 137 Å². The van der Waals surface area contributed by atoms with Crippen LogP contribution in [0.5, 0.6) is 0 Å². The molecule has 204 valence electrons. The Morgan fingerprint density at radius 2 is 1.32 bits per heavy atom. The summed E-state index contributed by atoms with van der Waals surface area (Å²) in [4.78, 5) is 35.0. The zero-order valence-corrected chi connectivity index (χ0v) is 22.1. The van der Waals surface area contributed by atoms with Crippen molar-refractivity contribution >= 4 is 29.8 Å². The Morgan fingerprint density at radius 3 is 1.88 bits per heavy atom. The summed E-state index contributed by atoms with van der Waals surface area (Å²) < 4.78 is 0. The molecule has 0 aliphatic rings. The highest BCUT2D eigenvalue weighted by Crippen LogP contribution is 2.22. The van der Waals surface area contributed by atoms with Gasteiger partial charge in [-0.15, -0.1) is 0 Å². The van der Waals surface area contributed by atoms with Crippen molar-refractivity contribution < 1.29 is 19.5 Å². The van der Waals surface area contributed by atoms with Crippen molar-refractivity contribution in [2.45, 2.75) is 25.3 Å². The number of carbonyl (C=O) groups is 3. The molecule has 0 saturated heterocycles. The number of anilines is 1. The first kappa shape index (κ1) is 29.3. The van der Waals surface area contributed by atoms with Gasteiger partial charge in [-0.2, -0.15) is 0 Å². The standard InChI is InChI=1S/C31H30N4O2.CH2O2/c1-21(24-14-12-23(13-15-24)20-22-8-4-2-5-9-22)34-30(36)28(25-10-6-3-7-11-25)31(37)35-27-18-16-26(17-19-27)29(32)33;2-1-3/h2-19,21,28H,20H2,1H3,(H3,32,33)(H,34,36)(H,35,37);1H,(H,2,3). The number of carbonyl (C=O) groups excluding carboxylic acids is 2. The molecule has 0 aliphatic carbocycles. The van der Waals surface area contributed by atoms with Gasteiger partial charge < -0.3 is 21.5 Å². The van der Waals surface area contributed by atoms with Gasteiger partial charge in [0, 0.05) is 11.3 Å².